The number of rotatable bonds is 14. The van der Waals surface area contributed by atoms with Gasteiger partial charge in [0, 0.05) is 19.6 Å². The molecule has 3 amide bonds. The van der Waals surface area contributed by atoms with Gasteiger partial charge in [0.2, 0.25) is 11.7 Å². The predicted octanol–water partition coefficient (Wildman–Crippen LogP) is 1.63. The minimum absolute atomic E-state index is 0.0739. The molecule has 0 bridgehead atoms. The monoisotopic (exact) mass is 504 g/mol. The number of benzene rings is 1. The Labute approximate surface area is 213 Å². The van der Waals surface area contributed by atoms with Crippen molar-refractivity contribution in [1.29, 1.82) is 0 Å². The quantitative estimate of drug-likeness (QED) is 0.260. The van der Waals surface area contributed by atoms with Gasteiger partial charge in [-0.2, -0.15) is 0 Å². The van der Waals surface area contributed by atoms with Crippen LogP contribution in [-0.4, -0.2) is 80.1 Å². The van der Waals surface area contributed by atoms with Crippen LogP contribution in [0, 0.1) is 5.92 Å². The van der Waals surface area contributed by atoms with E-state index in [1.54, 1.807) is 6.92 Å². The standard InChI is InChI=1S/C26H40N4O6/c1-4-21(23(31)25(33)27-11-8-12-30-13-15-35-16-14-30)28-24(32)22(17-19(2)3)29-26(34)36-18-20-9-6-5-7-10-20/h5-7,9-10,19,21-22H,4,8,11-18H2,1-3H3,(H,27,33)(H,28,32)(H,29,34)/t21-,22-/m1/s1. The number of hydrogen-bond donors (Lipinski definition) is 3. The van der Waals surface area contributed by atoms with E-state index >= 15 is 0 Å². The first-order valence-corrected chi connectivity index (χ1v) is 12.7. The molecule has 36 heavy (non-hydrogen) atoms. The highest BCUT2D eigenvalue weighted by atomic mass is 16.5. The number of amides is 3. The van der Waals surface area contributed by atoms with Crippen LogP contribution in [0.25, 0.3) is 0 Å². The Bertz CT molecular complexity index is 842. The summed E-state index contributed by atoms with van der Waals surface area (Å²) in [4.78, 5) is 52.6. The van der Waals surface area contributed by atoms with Gasteiger partial charge in [0.05, 0.1) is 19.3 Å². The van der Waals surface area contributed by atoms with Crippen molar-refractivity contribution in [1.82, 2.24) is 20.9 Å². The van der Waals surface area contributed by atoms with Crippen LogP contribution in [0.1, 0.15) is 45.6 Å². The topological polar surface area (TPSA) is 126 Å². The third-order valence-corrected chi connectivity index (χ3v) is 5.83. The lowest BCUT2D eigenvalue weighted by Crippen LogP contribution is -2.54. The maximum absolute atomic E-state index is 12.9. The van der Waals surface area contributed by atoms with Gasteiger partial charge in [-0.1, -0.05) is 51.1 Å². The minimum atomic E-state index is -0.978. The molecule has 1 heterocycles. The molecule has 1 aromatic carbocycles. The first-order valence-electron chi connectivity index (χ1n) is 12.7. The number of carbonyl (C=O) groups is 4. The molecule has 3 N–H and O–H groups in total. The molecule has 0 aromatic heterocycles. The summed E-state index contributed by atoms with van der Waals surface area (Å²) >= 11 is 0. The molecule has 1 fully saturated rings. The maximum Gasteiger partial charge on any atom is 0.408 e. The van der Waals surface area contributed by atoms with Crippen molar-refractivity contribution in [2.45, 2.75) is 58.7 Å². The third-order valence-electron chi connectivity index (χ3n) is 5.83. The van der Waals surface area contributed by atoms with E-state index in [-0.39, 0.29) is 18.9 Å². The summed E-state index contributed by atoms with van der Waals surface area (Å²) in [5, 5.41) is 7.87. The van der Waals surface area contributed by atoms with Gasteiger partial charge in [-0.3, -0.25) is 19.3 Å². The molecule has 200 valence electrons. The number of nitrogens with zero attached hydrogens (tertiary/aromatic N) is 1. The average molecular weight is 505 g/mol. The largest absolute Gasteiger partial charge is 0.445 e. The summed E-state index contributed by atoms with van der Waals surface area (Å²) in [5.41, 5.74) is 0.824. The van der Waals surface area contributed by atoms with E-state index in [0.29, 0.717) is 32.6 Å². The van der Waals surface area contributed by atoms with Gasteiger partial charge < -0.3 is 25.4 Å². The van der Waals surface area contributed by atoms with Crippen molar-refractivity contribution in [3.63, 3.8) is 0 Å². The van der Waals surface area contributed by atoms with Gasteiger partial charge in [-0.15, -0.1) is 0 Å². The Balaban J connectivity index is 1.82. The fourth-order valence-corrected chi connectivity index (χ4v) is 3.81. The van der Waals surface area contributed by atoms with Crippen LogP contribution in [0.3, 0.4) is 0 Å². The van der Waals surface area contributed by atoms with Gasteiger partial charge in [0.1, 0.15) is 12.6 Å². The Morgan fingerprint density at radius 3 is 2.36 bits per heavy atom. The summed E-state index contributed by atoms with van der Waals surface area (Å²) < 4.78 is 10.5. The Kier molecular flexibility index (Phi) is 12.9. The Morgan fingerprint density at radius 1 is 1.03 bits per heavy atom. The highest BCUT2D eigenvalue weighted by Crippen LogP contribution is 2.08. The van der Waals surface area contributed by atoms with Gasteiger partial charge >= 0.3 is 6.09 Å². The fraction of sp³-hybridized carbons (Fsp3) is 0.615. The molecule has 1 aliphatic heterocycles. The van der Waals surface area contributed by atoms with E-state index in [9.17, 15) is 19.2 Å². The van der Waals surface area contributed by atoms with E-state index < -0.39 is 35.8 Å². The highest BCUT2D eigenvalue weighted by molar-refractivity contribution is 6.38. The van der Waals surface area contributed by atoms with Crippen LogP contribution in [0.2, 0.25) is 0 Å². The summed E-state index contributed by atoms with van der Waals surface area (Å²) in [5.74, 6) is -1.85. The first kappa shape index (κ1) is 29.3. The van der Waals surface area contributed by atoms with Crippen molar-refractivity contribution in [3.8, 4) is 0 Å². The number of alkyl carbamates (subject to hydrolysis) is 1. The Hall–Kier alpha value is -2.98. The lowest BCUT2D eigenvalue weighted by Gasteiger charge is -2.26. The molecule has 10 nitrogen and oxygen atoms in total. The zero-order valence-electron chi connectivity index (χ0n) is 21.6. The summed E-state index contributed by atoms with van der Waals surface area (Å²) in [6.07, 6.45) is 0.591. The Morgan fingerprint density at radius 2 is 1.72 bits per heavy atom. The molecule has 1 aliphatic rings. The summed E-state index contributed by atoms with van der Waals surface area (Å²) in [6.45, 7) is 9.96. The molecular weight excluding hydrogens is 464 g/mol. The second kappa shape index (κ2) is 15.9. The van der Waals surface area contributed by atoms with Crippen LogP contribution in [0.15, 0.2) is 30.3 Å². The molecule has 0 aliphatic carbocycles. The van der Waals surface area contributed by atoms with E-state index in [1.165, 1.54) is 0 Å². The third kappa shape index (κ3) is 10.7. The zero-order valence-corrected chi connectivity index (χ0v) is 21.6. The van der Waals surface area contributed by atoms with Crippen molar-refractivity contribution in [3.05, 3.63) is 35.9 Å². The first-order chi connectivity index (χ1) is 17.3. The molecule has 0 radical (unpaired) electrons. The summed E-state index contributed by atoms with van der Waals surface area (Å²) in [6, 6.07) is 7.33. The lowest BCUT2D eigenvalue weighted by atomic mass is 10.0. The number of carbonyl (C=O) groups excluding carboxylic acids is 4. The van der Waals surface area contributed by atoms with Crippen LogP contribution < -0.4 is 16.0 Å². The van der Waals surface area contributed by atoms with E-state index in [4.69, 9.17) is 9.47 Å². The number of morpholine rings is 1. The maximum atomic E-state index is 12.9. The van der Waals surface area contributed by atoms with Crippen molar-refractivity contribution >= 4 is 23.7 Å². The van der Waals surface area contributed by atoms with Crippen LogP contribution in [0.5, 0.6) is 0 Å². The highest BCUT2D eigenvalue weighted by Gasteiger charge is 2.29. The van der Waals surface area contributed by atoms with Crippen molar-refractivity contribution in [2.24, 2.45) is 5.92 Å². The molecule has 0 spiro atoms. The van der Waals surface area contributed by atoms with Crippen molar-refractivity contribution in [2.75, 3.05) is 39.4 Å². The van der Waals surface area contributed by atoms with Gasteiger partial charge in [-0.05, 0) is 37.3 Å². The number of Topliss-reactive ketones (excluding diaryl/α,β-unsaturated/α-hetero) is 1. The molecule has 1 saturated heterocycles. The second-order valence-corrected chi connectivity index (χ2v) is 9.29. The summed E-state index contributed by atoms with van der Waals surface area (Å²) in [7, 11) is 0. The van der Waals surface area contributed by atoms with Gasteiger partial charge in [-0.25, -0.2) is 4.79 Å². The number of nitrogens with one attached hydrogen (secondary N) is 3. The van der Waals surface area contributed by atoms with E-state index in [0.717, 1.165) is 25.2 Å². The van der Waals surface area contributed by atoms with E-state index in [2.05, 4.69) is 20.9 Å². The molecule has 0 unspecified atom stereocenters. The SMILES string of the molecule is CC[C@@H](NC(=O)[C@@H](CC(C)C)NC(=O)OCc1ccccc1)C(=O)C(=O)NCCCN1CCOCC1. The number of hydrogen-bond acceptors (Lipinski definition) is 7. The molecular formula is C26H40N4O6. The number of ketones is 1. The molecule has 0 saturated carbocycles. The predicted molar refractivity (Wildman–Crippen MR) is 135 cm³/mol. The van der Waals surface area contributed by atoms with Gasteiger partial charge in [0.15, 0.2) is 0 Å². The zero-order chi connectivity index (χ0) is 26.3. The molecule has 2 atom stereocenters. The van der Waals surface area contributed by atoms with Crippen molar-refractivity contribution < 1.29 is 28.7 Å². The lowest BCUT2D eigenvalue weighted by molar-refractivity contribution is -0.140. The smallest absolute Gasteiger partial charge is 0.408 e. The minimum Gasteiger partial charge on any atom is -0.445 e. The molecule has 10 heteroatoms. The van der Waals surface area contributed by atoms with Crippen LogP contribution >= 0.6 is 0 Å². The molecule has 2 rings (SSSR count). The van der Waals surface area contributed by atoms with E-state index in [1.807, 2.05) is 44.2 Å². The molecule has 1 aromatic rings. The van der Waals surface area contributed by atoms with Crippen LogP contribution in [0.4, 0.5) is 4.79 Å². The second-order valence-electron chi connectivity index (χ2n) is 9.29. The average Bonchev–Trinajstić information content (AvgIpc) is 2.88. The normalized spacial score (nSPS) is 15.6. The fourth-order valence-electron chi connectivity index (χ4n) is 3.81. The van der Waals surface area contributed by atoms with Gasteiger partial charge in [0.25, 0.3) is 5.91 Å². The van der Waals surface area contributed by atoms with Crippen LogP contribution in [-0.2, 0) is 30.5 Å². The number of ether oxygens (including phenoxy) is 2.